The molecule has 0 radical (unpaired) electrons. The van der Waals surface area contributed by atoms with Crippen molar-refractivity contribution >= 4 is 21.6 Å². The molecule has 2 aromatic rings. The molecule has 0 spiro atoms. The standard InChI is InChI=1S/C14H16N2O4S/c1-9-4-5-10(2)11(8-9)16-14(17)12-6-7-13(20-12)21(18,19)15-3/h4-8,15H,1-3H3,(H,16,17). The van der Waals surface area contributed by atoms with Crippen molar-refractivity contribution in [2.45, 2.75) is 18.9 Å². The van der Waals surface area contributed by atoms with Gasteiger partial charge in [-0.1, -0.05) is 12.1 Å². The first-order valence-electron chi connectivity index (χ1n) is 6.25. The van der Waals surface area contributed by atoms with Gasteiger partial charge in [-0.2, -0.15) is 0 Å². The Balaban J connectivity index is 2.24. The van der Waals surface area contributed by atoms with Gasteiger partial charge in [-0.25, -0.2) is 13.1 Å². The molecule has 2 N–H and O–H groups in total. The number of carbonyl (C=O) groups is 1. The lowest BCUT2D eigenvalue weighted by Gasteiger charge is -2.07. The molecule has 0 saturated carbocycles. The fourth-order valence-electron chi connectivity index (χ4n) is 1.74. The fraction of sp³-hybridized carbons (Fsp3) is 0.214. The molecule has 1 aromatic carbocycles. The van der Waals surface area contributed by atoms with E-state index in [1.54, 1.807) is 0 Å². The number of furan rings is 1. The zero-order valence-electron chi connectivity index (χ0n) is 11.9. The smallest absolute Gasteiger partial charge is 0.291 e. The quantitative estimate of drug-likeness (QED) is 0.905. The van der Waals surface area contributed by atoms with Crippen molar-refractivity contribution in [2.24, 2.45) is 0 Å². The Morgan fingerprint density at radius 3 is 2.52 bits per heavy atom. The molecular weight excluding hydrogens is 292 g/mol. The summed E-state index contributed by atoms with van der Waals surface area (Å²) in [7, 11) is -2.42. The first-order chi connectivity index (χ1) is 9.83. The van der Waals surface area contributed by atoms with Crippen LogP contribution < -0.4 is 10.0 Å². The summed E-state index contributed by atoms with van der Waals surface area (Å²) in [4.78, 5) is 12.1. The Labute approximate surface area is 123 Å². The number of anilines is 1. The molecule has 6 nitrogen and oxygen atoms in total. The number of benzene rings is 1. The van der Waals surface area contributed by atoms with Gasteiger partial charge in [0.05, 0.1) is 0 Å². The Hall–Kier alpha value is -2.12. The molecular formula is C14H16N2O4S. The first kappa shape index (κ1) is 15.3. The number of hydrogen-bond donors (Lipinski definition) is 2. The molecule has 1 heterocycles. The van der Waals surface area contributed by atoms with E-state index >= 15 is 0 Å². The van der Waals surface area contributed by atoms with Gasteiger partial charge in [-0.3, -0.25) is 4.79 Å². The number of aryl methyl sites for hydroxylation is 2. The van der Waals surface area contributed by atoms with Crippen LogP contribution in [0, 0.1) is 13.8 Å². The summed E-state index contributed by atoms with van der Waals surface area (Å²) in [5, 5.41) is 2.41. The second-order valence-electron chi connectivity index (χ2n) is 4.60. The molecule has 0 aliphatic carbocycles. The molecule has 2 rings (SSSR count). The topological polar surface area (TPSA) is 88.4 Å². The van der Waals surface area contributed by atoms with Crippen molar-refractivity contribution < 1.29 is 17.6 Å². The van der Waals surface area contributed by atoms with Crippen molar-refractivity contribution in [3.8, 4) is 0 Å². The summed E-state index contributed by atoms with van der Waals surface area (Å²) in [6.07, 6.45) is 0. The summed E-state index contributed by atoms with van der Waals surface area (Å²) in [6.45, 7) is 3.79. The number of sulfonamides is 1. The molecule has 0 atom stereocenters. The van der Waals surface area contributed by atoms with Crippen LogP contribution in [0.2, 0.25) is 0 Å². The third-order valence-corrected chi connectivity index (χ3v) is 4.27. The van der Waals surface area contributed by atoms with Crippen molar-refractivity contribution in [1.29, 1.82) is 0 Å². The monoisotopic (exact) mass is 308 g/mol. The highest BCUT2D eigenvalue weighted by atomic mass is 32.2. The van der Waals surface area contributed by atoms with E-state index in [1.807, 2.05) is 32.0 Å². The highest BCUT2D eigenvalue weighted by Gasteiger charge is 2.19. The van der Waals surface area contributed by atoms with Gasteiger partial charge in [0.1, 0.15) is 0 Å². The third-order valence-electron chi connectivity index (χ3n) is 2.98. The zero-order valence-corrected chi connectivity index (χ0v) is 12.7. The molecule has 0 aliphatic rings. The predicted molar refractivity (Wildman–Crippen MR) is 78.8 cm³/mol. The van der Waals surface area contributed by atoms with Gasteiger partial charge in [0, 0.05) is 5.69 Å². The van der Waals surface area contributed by atoms with E-state index in [-0.39, 0.29) is 10.9 Å². The van der Waals surface area contributed by atoms with Crippen LogP contribution in [0.5, 0.6) is 0 Å². The predicted octanol–water partition coefficient (Wildman–Crippen LogP) is 2.06. The van der Waals surface area contributed by atoms with Crippen LogP contribution in [-0.2, 0) is 10.0 Å². The zero-order chi connectivity index (χ0) is 15.6. The average molecular weight is 308 g/mol. The maximum atomic E-state index is 12.1. The third kappa shape index (κ3) is 3.32. The summed E-state index contributed by atoms with van der Waals surface area (Å²) in [5.41, 5.74) is 2.58. The maximum Gasteiger partial charge on any atom is 0.291 e. The van der Waals surface area contributed by atoms with Crippen LogP contribution in [-0.4, -0.2) is 21.4 Å². The van der Waals surface area contributed by atoms with Crippen LogP contribution >= 0.6 is 0 Å². The van der Waals surface area contributed by atoms with E-state index in [2.05, 4.69) is 10.0 Å². The van der Waals surface area contributed by atoms with Gasteiger partial charge in [0.15, 0.2) is 5.76 Å². The Morgan fingerprint density at radius 1 is 1.14 bits per heavy atom. The van der Waals surface area contributed by atoms with E-state index in [9.17, 15) is 13.2 Å². The average Bonchev–Trinajstić information content (AvgIpc) is 2.93. The molecule has 0 aliphatic heterocycles. The molecule has 1 aromatic heterocycles. The number of amides is 1. The molecule has 0 unspecified atom stereocenters. The minimum atomic E-state index is -3.70. The van der Waals surface area contributed by atoms with Crippen LogP contribution in [0.25, 0.3) is 0 Å². The number of nitrogens with one attached hydrogen (secondary N) is 2. The summed E-state index contributed by atoms with van der Waals surface area (Å²) in [5.74, 6) is -0.564. The molecule has 0 saturated heterocycles. The molecule has 0 fully saturated rings. The van der Waals surface area contributed by atoms with Crippen LogP contribution in [0.4, 0.5) is 5.69 Å². The second-order valence-corrected chi connectivity index (χ2v) is 6.42. The van der Waals surface area contributed by atoms with Gasteiger partial charge >= 0.3 is 0 Å². The molecule has 0 bridgehead atoms. The van der Waals surface area contributed by atoms with E-state index < -0.39 is 15.9 Å². The Morgan fingerprint density at radius 2 is 1.86 bits per heavy atom. The van der Waals surface area contributed by atoms with E-state index in [1.165, 1.54) is 19.2 Å². The van der Waals surface area contributed by atoms with Crippen molar-refractivity contribution in [2.75, 3.05) is 12.4 Å². The maximum absolute atomic E-state index is 12.1. The lowest BCUT2D eigenvalue weighted by atomic mass is 10.1. The molecule has 7 heteroatoms. The Kier molecular flexibility index (Phi) is 4.15. The van der Waals surface area contributed by atoms with Gasteiger partial charge < -0.3 is 9.73 Å². The van der Waals surface area contributed by atoms with Crippen molar-refractivity contribution in [3.63, 3.8) is 0 Å². The second kappa shape index (κ2) is 5.71. The van der Waals surface area contributed by atoms with Crippen molar-refractivity contribution in [3.05, 3.63) is 47.2 Å². The van der Waals surface area contributed by atoms with Gasteiger partial charge in [0.2, 0.25) is 5.09 Å². The molecule has 1 amide bonds. The largest absolute Gasteiger partial charge is 0.438 e. The van der Waals surface area contributed by atoms with E-state index in [0.29, 0.717) is 5.69 Å². The number of hydrogen-bond acceptors (Lipinski definition) is 4. The van der Waals surface area contributed by atoms with Gasteiger partial charge in [0.25, 0.3) is 15.9 Å². The Bertz CT molecular complexity index is 778. The SMILES string of the molecule is CNS(=O)(=O)c1ccc(C(=O)Nc2cc(C)ccc2C)o1. The fourth-order valence-corrected chi connectivity index (χ4v) is 2.39. The van der Waals surface area contributed by atoms with Crippen LogP contribution in [0.3, 0.4) is 0 Å². The number of carbonyl (C=O) groups excluding carboxylic acids is 1. The lowest BCUT2D eigenvalue weighted by Crippen LogP contribution is -2.18. The van der Waals surface area contributed by atoms with Crippen LogP contribution in [0.15, 0.2) is 39.8 Å². The summed E-state index contributed by atoms with van der Waals surface area (Å²) < 4.78 is 30.3. The molecule has 112 valence electrons. The summed E-state index contributed by atoms with van der Waals surface area (Å²) >= 11 is 0. The molecule has 21 heavy (non-hydrogen) atoms. The van der Waals surface area contributed by atoms with Gasteiger partial charge in [-0.15, -0.1) is 0 Å². The minimum absolute atomic E-state index is 0.0651. The highest BCUT2D eigenvalue weighted by Crippen LogP contribution is 2.19. The normalized spacial score (nSPS) is 11.4. The lowest BCUT2D eigenvalue weighted by molar-refractivity contribution is 0.0991. The number of rotatable bonds is 4. The highest BCUT2D eigenvalue weighted by molar-refractivity contribution is 7.89. The van der Waals surface area contributed by atoms with E-state index in [0.717, 1.165) is 11.1 Å². The van der Waals surface area contributed by atoms with Crippen molar-refractivity contribution in [1.82, 2.24) is 4.72 Å². The minimum Gasteiger partial charge on any atom is -0.438 e. The van der Waals surface area contributed by atoms with Crippen LogP contribution in [0.1, 0.15) is 21.7 Å². The summed E-state index contributed by atoms with van der Waals surface area (Å²) in [6, 6.07) is 8.23. The van der Waals surface area contributed by atoms with Gasteiger partial charge in [-0.05, 0) is 50.2 Å². The van der Waals surface area contributed by atoms with E-state index in [4.69, 9.17) is 4.42 Å². The first-order valence-corrected chi connectivity index (χ1v) is 7.74.